The minimum atomic E-state index is -0.806. The van der Waals surface area contributed by atoms with E-state index in [1.54, 1.807) is 25.4 Å². The second-order valence-corrected chi connectivity index (χ2v) is 6.31. The fourth-order valence-corrected chi connectivity index (χ4v) is 2.77. The summed E-state index contributed by atoms with van der Waals surface area (Å²) >= 11 is 1.60. The van der Waals surface area contributed by atoms with Gasteiger partial charge in [-0.05, 0) is 42.5 Å². The van der Waals surface area contributed by atoms with E-state index >= 15 is 0 Å². The van der Waals surface area contributed by atoms with Gasteiger partial charge in [-0.2, -0.15) is 0 Å². The van der Waals surface area contributed by atoms with Gasteiger partial charge in [-0.3, -0.25) is 9.59 Å². The third-order valence-corrected chi connectivity index (χ3v) is 4.40. The first-order valence-electron chi connectivity index (χ1n) is 7.71. The Balaban J connectivity index is 1.71. The van der Waals surface area contributed by atoms with Crippen LogP contribution in [0.3, 0.4) is 0 Å². The number of carbonyl (C=O) groups is 2. The van der Waals surface area contributed by atoms with Crippen LogP contribution < -0.4 is 10.1 Å². The summed E-state index contributed by atoms with van der Waals surface area (Å²) in [5.41, 5.74) is 0.945. The number of hydrogen-bond donors (Lipinski definition) is 1. The van der Waals surface area contributed by atoms with E-state index in [9.17, 15) is 9.59 Å². The number of benzene rings is 1. The van der Waals surface area contributed by atoms with E-state index in [1.807, 2.05) is 41.8 Å². The Bertz CT molecular complexity index is 652. The molecule has 0 spiro atoms. The molecule has 5 nitrogen and oxygen atoms in total. The van der Waals surface area contributed by atoms with Gasteiger partial charge >= 0.3 is 5.97 Å². The molecule has 0 aliphatic rings. The van der Waals surface area contributed by atoms with Gasteiger partial charge in [0.1, 0.15) is 5.75 Å². The standard InChI is InChI=1S/C18H21NO4S/c1-13(23-17(20)10-9-16-4-3-11-24-16)18(21)19-12-14-5-7-15(22-2)8-6-14/h3-8,11,13H,9-10,12H2,1-2H3,(H,19,21)/t13-/m0/s1. The lowest BCUT2D eigenvalue weighted by Crippen LogP contribution is -2.35. The number of carbonyl (C=O) groups excluding carboxylic acids is 2. The van der Waals surface area contributed by atoms with Crippen LogP contribution in [0.5, 0.6) is 5.75 Å². The highest BCUT2D eigenvalue weighted by atomic mass is 32.1. The number of esters is 1. The highest BCUT2D eigenvalue weighted by molar-refractivity contribution is 7.09. The summed E-state index contributed by atoms with van der Waals surface area (Å²) in [7, 11) is 1.60. The highest BCUT2D eigenvalue weighted by Crippen LogP contribution is 2.12. The molecular formula is C18H21NO4S. The van der Waals surface area contributed by atoms with E-state index in [0.717, 1.165) is 16.2 Å². The SMILES string of the molecule is COc1ccc(CNC(=O)[C@H](C)OC(=O)CCc2cccs2)cc1. The number of hydrogen-bond acceptors (Lipinski definition) is 5. The number of thiophene rings is 1. The van der Waals surface area contributed by atoms with Crippen molar-refractivity contribution < 1.29 is 19.1 Å². The van der Waals surface area contributed by atoms with E-state index in [1.165, 1.54) is 0 Å². The van der Waals surface area contributed by atoms with Crippen LogP contribution in [0.1, 0.15) is 23.8 Å². The second kappa shape index (κ2) is 9.08. The molecule has 0 radical (unpaired) electrons. The van der Waals surface area contributed by atoms with Crippen molar-refractivity contribution in [3.63, 3.8) is 0 Å². The third kappa shape index (κ3) is 5.70. The first-order chi connectivity index (χ1) is 11.6. The largest absolute Gasteiger partial charge is 0.497 e. The van der Waals surface area contributed by atoms with Crippen LogP contribution in [0, 0.1) is 0 Å². The zero-order valence-electron chi connectivity index (χ0n) is 13.8. The molecule has 1 heterocycles. The van der Waals surface area contributed by atoms with Crippen LogP contribution in [0.2, 0.25) is 0 Å². The summed E-state index contributed by atoms with van der Waals surface area (Å²) in [6.45, 7) is 1.95. The summed E-state index contributed by atoms with van der Waals surface area (Å²) in [5.74, 6) is 0.0869. The number of rotatable bonds is 8. The molecular weight excluding hydrogens is 326 g/mol. The molecule has 128 valence electrons. The molecule has 24 heavy (non-hydrogen) atoms. The number of methoxy groups -OCH3 is 1. The van der Waals surface area contributed by atoms with Crippen molar-refractivity contribution in [2.75, 3.05) is 7.11 Å². The second-order valence-electron chi connectivity index (χ2n) is 5.28. The van der Waals surface area contributed by atoms with Crippen LogP contribution in [0.15, 0.2) is 41.8 Å². The molecule has 2 rings (SSSR count). The van der Waals surface area contributed by atoms with Gasteiger partial charge in [0.15, 0.2) is 6.10 Å². The molecule has 1 amide bonds. The Morgan fingerprint density at radius 1 is 1.21 bits per heavy atom. The zero-order valence-corrected chi connectivity index (χ0v) is 14.6. The maximum atomic E-state index is 12.0. The molecule has 0 fully saturated rings. The van der Waals surface area contributed by atoms with Gasteiger partial charge in [0.2, 0.25) is 0 Å². The maximum Gasteiger partial charge on any atom is 0.306 e. The Kier molecular flexibility index (Phi) is 6.81. The number of nitrogens with one attached hydrogen (secondary N) is 1. The molecule has 0 unspecified atom stereocenters. The fourth-order valence-electron chi connectivity index (χ4n) is 2.07. The van der Waals surface area contributed by atoms with Crippen molar-refractivity contribution in [1.29, 1.82) is 0 Å². The molecule has 0 aliphatic carbocycles. The van der Waals surface area contributed by atoms with E-state index in [-0.39, 0.29) is 18.3 Å². The van der Waals surface area contributed by atoms with E-state index in [4.69, 9.17) is 9.47 Å². The van der Waals surface area contributed by atoms with Crippen molar-refractivity contribution in [3.8, 4) is 5.75 Å². The van der Waals surface area contributed by atoms with Gasteiger partial charge in [-0.25, -0.2) is 0 Å². The zero-order chi connectivity index (χ0) is 17.4. The van der Waals surface area contributed by atoms with Gasteiger partial charge in [-0.1, -0.05) is 18.2 Å². The Labute approximate surface area is 145 Å². The molecule has 0 aliphatic heterocycles. The van der Waals surface area contributed by atoms with Crippen molar-refractivity contribution in [3.05, 3.63) is 52.2 Å². The summed E-state index contributed by atoms with van der Waals surface area (Å²) in [6, 6.07) is 11.3. The highest BCUT2D eigenvalue weighted by Gasteiger charge is 2.17. The Hall–Kier alpha value is -2.34. The lowest BCUT2D eigenvalue weighted by molar-refractivity contribution is -0.154. The van der Waals surface area contributed by atoms with Crippen LogP contribution in [0.25, 0.3) is 0 Å². The van der Waals surface area contributed by atoms with Gasteiger partial charge in [0, 0.05) is 11.4 Å². The van der Waals surface area contributed by atoms with E-state index in [0.29, 0.717) is 13.0 Å². The van der Waals surface area contributed by atoms with Gasteiger partial charge in [0.25, 0.3) is 5.91 Å². The summed E-state index contributed by atoms with van der Waals surface area (Å²) in [5, 5.41) is 4.72. The minimum Gasteiger partial charge on any atom is -0.497 e. The van der Waals surface area contributed by atoms with Crippen molar-refractivity contribution in [2.45, 2.75) is 32.4 Å². The van der Waals surface area contributed by atoms with Crippen LogP contribution in [0.4, 0.5) is 0 Å². The molecule has 2 aromatic rings. The number of ether oxygens (including phenoxy) is 2. The topological polar surface area (TPSA) is 64.6 Å². The minimum absolute atomic E-state index is 0.274. The summed E-state index contributed by atoms with van der Waals surface area (Å²) in [6.07, 6.45) is 0.104. The molecule has 0 saturated heterocycles. The van der Waals surface area contributed by atoms with Crippen molar-refractivity contribution >= 4 is 23.2 Å². The fraction of sp³-hybridized carbons (Fsp3) is 0.333. The van der Waals surface area contributed by atoms with Gasteiger partial charge < -0.3 is 14.8 Å². The van der Waals surface area contributed by atoms with Crippen LogP contribution in [-0.2, 0) is 27.3 Å². The van der Waals surface area contributed by atoms with Gasteiger partial charge in [0.05, 0.1) is 13.5 Å². The molecule has 1 N–H and O–H groups in total. The molecule has 0 saturated carbocycles. The first kappa shape index (κ1) is 18.0. The first-order valence-corrected chi connectivity index (χ1v) is 8.59. The average molecular weight is 347 g/mol. The monoisotopic (exact) mass is 347 g/mol. The van der Waals surface area contributed by atoms with Crippen LogP contribution >= 0.6 is 11.3 Å². The molecule has 1 aromatic carbocycles. The van der Waals surface area contributed by atoms with Crippen molar-refractivity contribution in [1.82, 2.24) is 5.32 Å². The molecule has 1 aromatic heterocycles. The van der Waals surface area contributed by atoms with E-state index in [2.05, 4.69) is 5.32 Å². The van der Waals surface area contributed by atoms with Gasteiger partial charge in [-0.15, -0.1) is 11.3 Å². The quantitative estimate of drug-likeness (QED) is 0.746. The smallest absolute Gasteiger partial charge is 0.306 e. The predicted octanol–water partition coefficient (Wildman–Crippen LogP) is 2.94. The van der Waals surface area contributed by atoms with Crippen LogP contribution in [-0.4, -0.2) is 25.1 Å². The summed E-state index contributed by atoms with van der Waals surface area (Å²) in [4.78, 5) is 24.9. The number of amides is 1. The molecule has 0 bridgehead atoms. The van der Waals surface area contributed by atoms with Crippen molar-refractivity contribution in [2.24, 2.45) is 0 Å². The third-order valence-electron chi connectivity index (χ3n) is 3.46. The lowest BCUT2D eigenvalue weighted by Gasteiger charge is -2.13. The predicted molar refractivity (Wildman–Crippen MR) is 93.0 cm³/mol. The Morgan fingerprint density at radius 2 is 1.96 bits per heavy atom. The van der Waals surface area contributed by atoms with E-state index < -0.39 is 6.10 Å². The molecule has 6 heteroatoms. The Morgan fingerprint density at radius 3 is 2.58 bits per heavy atom. The molecule has 1 atom stereocenters. The normalized spacial score (nSPS) is 11.6. The lowest BCUT2D eigenvalue weighted by atomic mass is 10.2. The maximum absolute atomic E-state index is 12.0. The number of aryl methyl sites for hydroxylation is 1. The summed E-state index contributed by atoms with van der Waals surface area (Å²) < 4.78 is 10.3. The average Bonchev–Trinajstić information content (AvgIpc) is 3.11.